The van der Waals surface area contributed by atoms with Crippen molar-refractivity contribution in [3.8, 4) is 0 Å². The van der Waals surface area contributed by atoms with Crippen molar-refractivity contribution >= 4 is 11.6 Å². The van der Waals surface area contributed by atoms with E-state index in [1.54, 1.807) is 6.20 Å². The number of piperidine rings is 1. The topological polar surface area (TPSA) is 70.4 Å². The highest BCUT2D eigenvalue weighted by Gasteiger charge is 2.14. The van der Waals surface area contributed by atoms with Crippen LogP contribution >= 0.6 is 0 Å². The first-order valence-electron chi connectivity index (χ1n) is 8.98. The second kappa shape index (κ2) is 8.78. The summed E-state index contributed by atoms with van der Waals surface area (Å²) in [5.41, 5.74) is 1.42. The molecule has 1 aliphatic rings. The van der Waals surface area contributed by atoms with Gasteiger partial charge in [-0.15, -0.1) is 0 Å². The lowest BCUT2D eigenvalue weighted by Crippen LogP contribution is -2.32. The monoisotopic (exact) mass is 342 g/mol. The quantitative estimate of drug-likeness (QED) is 0.811. The highest BCUT2D eigenvalue weighted by atomic mass is 16.3. The summed E-state index contributed by atoms with van der Waals surface area (Å²) in [4.78, 5) is 14.6. The molecule has 1 aliphatic heterocycles. The summed E-state index contributed by atoms with van der Waals surface area (Å²) >= 11 is 0. The summed E-state index contributed by atoms with van der Waals surface area (Å²) in [5, 5.41) is 17.2. The molecule has 2 aromatic rings. The fraction of sp³-hybridized carbons (Fsp3) is 0.474. The van der Waals surface area contributed by atoms with Crippen LogP contribution in [-0.4, -0.2) is 45.3 Å². The third-order valence-electron chi connectivity index (χ3n) is 4.57. The lowest BCUT2D eigenvalue weighted by Gasteiger charge is -2.26. The molecule has 1 atom stereocenters. The molecule has 1 amide bonds. The van der Waals surface area contributed by atoms with Gasteiger partial charge in [0.15, 0.2) is 0 Å². The number of aliphatic hydroxyl groups is 1. The van der Waals surface area contributed by atoms with E-state index in [4.69, 9.17) is 0 Å². The van der Waals surface area contributed by atoms with Crippen LogP contribution in [0.25, 0.3) is 0 Å². The van der Waals surface area contributed by atoms with Crippen molar-refractivity contribution in [3.63, 3.8) is 0 Å². The lowest BCUT2D eigenvalue weighted by atomic mass is 10.1. The van der Waals surface area contributed by atoms with Gasteiger partial charge >= 0.3 is 0 Å². The van der Waals surface area contributed by atoms with Crippen LogP contribution in [0.5, 0.6) is 0 Å². The molecule has 6 heteroatoms. The average Bonchev–Trinajstić information content (AvgIpc) is 3.08. The fourth-order valence-electron chi connectivity index (χ4n) is 3.16. The van der Waals surface area contributed by atoms with Crippen LogP contribution in [0.3, 0.4) is 0 Å². The van der Waals surface area contributed by atoms with Gasteiger partial charge < -0.3 is 15.3 Å². The van der Waals surface area contributed by atoms with Crippen LogP contribution in [-0.2, 0) is 11.3 Å². The molecule has 25 heavy (non-hydrogen) atoms. The summed E-state index contributed by atoms with van der Waals surface area (Å²) in [5.74, 6) is -0.216. The van der Waals surface area contributed by atoms with Gasteiger partial charge in [-0.25, -0.2) is 0 Å². The van der Waals surface area contributed by atoms with Gasteiger partial charge in [-0.2, -0.15) is 5.10 Å². The first-order chi connectivity index (χ1) is 12.2. The Morgan fingerprint density at radius 2 is 1.92 bits per heavy atom. The van der Waals surface area contributed by atoms with Gasteiger partial charge in [-0.3, -0.25) is 9.48 Å². The zero-order valence-electron chi connectivity index (χ0n) is 14.5. The molecule has 3 rings (SSSR count). The SMILES string of the molecule is O=C(CC(O)c1ccccc1)Nc1cnn(CCN2CCCCC2)c1. The number of carbonyl (C=O) groups excluding carboxylic acids is 1. The van der Waals surface area contributed by atoms with Crippen LogP contribution in [0.2, 0.25) is 0 Å². The molecule has 2 heterocycles. The van der Waals surface area contributed by atoms with Crippen molar-refractivity contribution in [1.29, 1.82) is 0 Å². The van der Waals surface area contributed by atoms with Gasteiger partial charge in [0, 0.05) is 12.7 Å². The van der Waals surface area contributed by atoms with E-state index in [1.165, 1.54) is 32.4 Å². The van der Waals surface area contributed by atoms with Crippen LogP contribution in [0.4, 0.5) is 5.69 Å². The number of nitrogens with one attached hydrogen (secondary N) is 1. The molecule has 0 radical (unpaired) electrons. The number of amides is 1. The molecule has 0 spiro atoms. The Morgan fingerprint density at radius 1 is 1.16 bits per heavy atom. The Labute approximate surface area is 148 Å². The highest BCUT2D eigenvalue weighted by Crippen LogP contribution is 2.17. The van der Waals surface area contributed by atoms with Gasteiger partial charge in [0.05, 0.1) is 31.0 Å². The van der Waals surface area contributed by atoms with E-state index >= 15 is 0 Å². The van der Waals surface area contributed by atoms with Crippen molar-refractivity contribution in [3.05, 3.63) is 48.3 Å². The second-order valence-electron chi connectivity index (χ2n) is 6.57. The Morgan fingerprint density at radius 3 is 2.68 bits per heavy atom. The Hall–Kier alpha value is -2.18. The average molecular weight is 342 g/mol. The Bertz CT molecular complexity index is 665. The van der Waals surface area contributed by atoms with Crippen LogP contribution in [0.1, 0.15) is 37.4 Å². The molecular weight excluding hydrogens is 316 g/mol. The van der Waals surface area contributed by atoms with E-state index in [0.717, 1.165) is 18.7 Å². The third kappa shape index (κ3) is 5.41. The summed E-state index contributed by atoms with van der Waals surface area (Å²) in [6.45, 7) is 4.15. The zero-order chi connectivity index (χ0) is 17.5. The van der Waals surface area contributed by atoms with Gasteiger partial charge in [0.1, 0.15) is 0 Å². The van der Waals surface area contributed by atoms with Crippen molar-refractivity contribution in [2.45, 2.75) is 38.3 Å². The zero-order valence-corrected chi connectivity index (χ0v) is 14.5. The minimum atomic E-state index is -0.796. The van der Waals surface area contributed by atoms with E-state index in [0.29, 0.717) is 5.69 Å². The van der Waals surface area contributed by atoms with Crippen LogP contribution in [0.15, 0.2) is 42.7 Å². The Balaban J connectivity index is 1.45. The molecule has 1 aromatic carbocycles. The molecule has 1 unspecified atom stereocenters. The summed E-state index contributed by atoms with van der Waals surface area (Å²) in [6.07, 6.45) is 6.63. The molecule has 0 aliphatic carbocycles. The first kappa shape index (κ1) is 17.6. The molecular formula is C19H26N4O2. The second-order valence-corrected chi connectivity index (χ2v) is 6.57. The van der Waals surface area contributed by atoms with Crippen molar-refractivity contribution in [2.75, 3.05) is 25.0 Å². The maximum Gasteiger partial charge on any atom is 0.227 e. The molecule has 1 fully saturated rings. The molecule has 134 valence electrons. The number of likely N-dealkylation sites (tertiary alicyclic amines) is 1. The van der Waals surface area contributed by atoms with Gasteiger partial charge in [-0.05, 0) is 31.5 Å². The predicted molar refractivity (Wildman–Crippen MR) is 97.2 cm³/mol. The van der Waals surface area contributed by atoms with E-state index in [9.17, 15) is 9.90 Å². The minimum absolute atomic E-state index is 0.0307. The van der Waals surface area contributed by atoms with Crippen LogP contribution in [0, 0.1) is 0 Å². The largest absolute Gasteiger partial charge is 0.388 e. The Kier molecular flexibility index (Phi) is 6.19. The number of carbonyl (C=O) groups is 1. The molecule has 6 nitrogen and oxygen atoms in total. The molecule has 1 aromatic heterocycles. The summed E-state index contributed by atoms with van der Waals surface area (Å²) < 4.78 is 1.86. The molecule has 2 N–H and O–H groups in total. The maximum absolute atomic E-state index is 12.1. The maximum atomic E-state index is 12.1. The van der Waals surface area contributed by atoms with E-state index in [2.05, 4.69) is 15.3 Å². The number of nitrogens with zero attached hydrogens (tertiary/aromatic N) is 3. The van der Waals surface area contributed by atoms with Crippen molar-refractivity contribution in [2.24, 2.45) is 0 Å². The highest BCUT2D eigenvalue weighted by molar-refractivity contribution is 5.90. The molecule has 0 saturated carbocycles. The number of aliphatic hydroxyl groups excluding tert-OH is 1. The van der Waals surface area contributed by atoms with Crippen molar-refractivity contribution < 1.29 is 9.90 Å². The lowest BCUT2D eigenvalue weighted by molar-refractivity contribution is -0.118. The third-order valence-corrected chi connectivity index (χ3v) is 4.57. The number of hydrogen-bond donors (Lipinski definition) is 2. The number of rotatable bonds is 7. The van der Waals surface area contributed by atoms with E-state index in [-0.39, 0.29) is 12.3 Å². The predicted octanol–water partition coefficient (Wildman–Crippen LogP) is 2.43. The minimum Gasteiger partial charge on any atom is -0.388 e. The normalized spacial score (nSPS) is 16.5. The number of anilines is 1. The fourth-order valence-corrected chi connectivity index (χ4v) is 3.16. The van der Waals surface area contributed by atoms with E-state index in [1.807, 2.05) is 41.2 Å². The van der Waals surface area contributed by atoms with Gasteiger partial charge in [0.2, 0.25) is 5.91 Å². The van der Waals surface area contributed by atoms with Gasteiger partial charge in [-0.1, -0.05) is 36.8 Å². The standard InChI is InChI=1S/C19H26N4O2/c24-18(16-7-3-1-4-8-16)13-19(25)21-17-14-20-23(15-17)12-11-22-9-5-2-6-10-22/h1,3-4,7-8,14-15,18,24H,2,5-6,9-13H2,(H,21,25). The first-order valence-corrected chi connectivity index (χ1v) is 8.98. The smallest absolute Gasteiger partial charge is 0.227 e. The van der Waals surface area contributed by atoms with E-state index < -0.39 is 6.10 Å². The number of hydrogen-bond acceptors (Lipinski definition) is 4. The van der Waals surface area contributed by atoms with Crippen LogP contribution < -0.4 is 5.32 Å². The summed E-state index contributed by atoms with van der Waals surface area (Å²) in [7, 11) is 0. The van der Waals surface area contributed by atoms with Gasteiger partial charge in [0.25, 0.3) is 0 Å². The molecule has 0 bridgehead atoms. The van der Waals surface area contributed by atoms with Crippen molar-refractivity contribution in [1.82, 2.24) is 14.7 Å². The molecule has 1 saturated heterocycles. The number of benzene rings is 1. The summed E-state index contributed by atoms with van der Waals surface area (Å²) in [6, 6.07) is 9.22. The number of aromatic nitrogens is 2.